The number of nitrogens with one attached hydrogen (secondary N) is 1. The summed E-state index contributed by atoms with van der Waals surface area (Å²) in [6, 6.07) is 13.9. The van der Waals surface area contributed by atoms with Gasteiger partial charge in [0.2, 0.25) is 0 Å². The Morgan fingerprint density at radius 1 is 1.12 bits per heavy atom. The minimum Gasteiger partial charge on any atom is -0.507 e. The quantitative estimate of drug-likeness (QED) is 0.588. The Morgan fingerprint density at radius 2 is 1.85 bits per heavy atom. The summed E-state index contributed by atoms with van der Waals surface area (Å²) in [6.45, 7) is 5.11. The maximum Gasteiger partial charge on any atom is 0.160 e. The average Bonchev–Trinajstić information content (AvgIpc) is 3.12. The normalized spacial score (nSPS) is 12.1. The van der Waals surface area contributed by atoms with Gasteiger partial charge in [-0.25, -0.2) is 0 Å². The zero-order valence-electron chi connectivity index (χ0n) is 15.2. The minimum absolute atomic E-state index is 0.227. The van der Waals surface area contributed by atoms with E-state index in [2.05, 4.69) is 24.4 Å². The smallest absolute Gasteiger partial charge is 0.160 e. The van der Waals surface area contributed by atoms with E-state index >= 15 is 0 Å². The van der Waals surface area contributed by atoms with Gasteiger partial charge in [0.15, 0.2) is 6.29 Å². The number of phenolic OH excluding ortho intramolecular Hbond substituents is 1. The monoisotopic (exact) mass is 365 g/mol. The number of hydrogen-bond acceptors (Lipinski definition) is 4. The highest BCUT2D eigenvalue weighted by Gasteiger charge is 2.18. The van der Waals surface area contributed by atoms with Crippen molar-refractivity contribution in [2.24, 2.45) is 0 Å². The molecule has 0 aliphatic rings. The molecule has 1 atom stereocenters. The Balaban J connectivity index is 2.14. The van der Waals surface area contributed by atoms with E-state index in [1.54, 1.807) is 6.07 Å². The highest BCUT2D eigenvalue weighted by molar-refractivity contribution is 7.12. The lowest BCUT2D eigenvalue weighted by Crippen LogP contribution is -2.14. The summed E-state index contributed by atoms with van der Waals surface area (Å²) >= 11 is 1.42. The van der Waals surface area contributed by atoms with Gasteiger partial charge in [0.05, 0.1) is 4.88 Å². The number of thiophene rings is 1. The van der Waals surface area contributed by atoms with Gasteiger partial charge in [-0.1, -0.05) is 37.3 Å². The summed E-state index contributed by atoms with van der Waals surface area (Å²) < 4.78 is 0. The van der Waals surface area contributed by atoms with Crippen LogP contribution in [0.15, 0.2) is 47.8 Å². The Hall–Kier alpha value is -2.43. The van der Waals surface area contributed by atoms with Gasteiger partial charge in [-0.05, 0) is 59.7 Å². The van der Waals surface area contributed by atoms with Crippen LogP contribution >= 0.6 is 11.3 Å². The molecule has 3 nitrogen and oxygen atoms in total. The lowest BCUT2D eigenvalue weighted by Gasteiger charge is -2.16. The van der Waals surface area contributed by atoms with Crippen molar-refractivity contribution in [2.75, 3.05) is 13.6 Å². The molecule has 3 aromatic rings. The second kappa shape index (κ2) is 7.85. The molecule has 1 unspecified atom stereocenters. The fraction of sp³-hybridized carbons (Fsp3) is 0.227. The molecule has 3 rings (SSSR count). The molecule has 0 bridgehead atoms. The summed E-state index contributed by atoms with van der Waals surface area (Å²) in [7, 11) is 1.95. The molecule has 2 aromatic carbocycles. The third kappa shape index (κ3) is 3.43. The van der Waals surface area contributed by atoms with Gasteiger partial charge in [-0.3, -0.25) is 4.79 Å². The van der Waals surface area contributed by atoms with Crippen LogP contribution in [0.4, 0.5) is 0 Å². The van der Waals surface area contributed by atoms with Crippen LogP contribution < -0.4 is 5.32 Å². The molecule has 0 amide bonds. The van der Waals surface area contributed by atoms with Crippen molar-refractivity contribution in [1.29, 1.82) is 0 Å². The number of rotatable bonds is 6. The first-order valence-electron chi connectivity index (χ1n) is 8.67. The van der Waals surface area contributed by atoms with Crippen molar-refractivity contribution < 1.29 is 9.90 Å². The summed E-state index contributed by atoms with van der Waals surface area (Å²) in [5, 5.41) is 15.7. The van der Waals surface area contributed by atoms with Crippen LogP contribution in [0.3, 0.4) is 0 Å². The zero-order chi connectivity index (χ0) is 18.7. The maximum absolute atomic E-state index is 11.4. The summed E-state index contributed by atoms with van der Waals surface area (Å²) in [5.74, 6) is 0.642. The molecule has 0 aliphatic carbocycles. The van der Waals surface area contributed by atoms with E-state index in [0.29, 0.717) is 10.8 Å². The Kier molecular flexibility index (Phi) is 5.55. The fourth-order valence-corrected chi connectivity index (χ4v) is 4.06. The number of likely N-dealkylation sites (N-methyl/N-ethyl adjacent to an activating group) is 1. The first kappa shape index (κ1) is 18.4. The lowest BCUT2D eigenvalue weighted by molar-refractivity contribution is 0.112. The van der Waals surface area contributed by atoms with Crippen LogP contribution in [0.25, 0.3) is 22.3 Å². The molecular formula is C22H23NO2S. The van der Waals surface area contributed by atoms with Gasteiger partial charge in [0.25, 0.3) is 0 Å². The first-order valence-corrected chi connectivity index (χ1v) is 9.55. The topological polar surface area (TPSA) is 49.3 Å². The van der Waals surface area contributed by atoms with Gasteiger partial charge < -0.3 is 10.4 Å². The third-order valence-electron chi connectivity index (χ3n) is 4.74. The molecule has 0 fully saturated rings. The van der Waals surface area contributed by atoms with Crippen LogP contribution in [0, 0.1) is 6.92 Å². The number of carbonyl (C=O) groups is 1. The molecule has 2 N–H and O–H groups in total. The number of benzene rings is 2. The molecule has 0 spiro atoms. The molecule has 4 heteroatoms. The SMILES string of the molecule is CNCC(C)c1ccc(-c2c(O)ccc(C)c2-c2ccsc2C=O)cc1. The van der Waals surface area contributed by atoms with Crippen LogP contribution in [-0.2, 0) is 0 Å². The summed E-state index contributed by atoms with van der Waals surface area (Å²) in [5.41, 5.74) is 5.81. The number of phenols is 1. The highest BCUT2D eigenvalue weighted by Crippen LogP contribution is 2.43. The molecule has 26 heavy (non-hydrogen) atoms. The van der Waals surface area contributed by atoms with Gasteiger partial charge in [0, 0.05) is 17.7 Å². The largest absolute Gasteiger partial charge is 0.507 e. The standard InChI is InChI=1S/C22H23NO2S/c1-14-4-9-19(25)22(21(14)18-10-11-26-20(18)13-24)17-7-5-16(6-8-17)15(2)12-23-3/h4-11,13,15,23,25H,12H2,1-3H3. The second-order valence-corrected chi connectivity index (χ2v) is 7.50. The van der Waals surface area contributed by atoms with E-state index in [9.17, 15) is 9.90 Å². The van der Waals surface area contributed by atoms with Crippen molar-refractivity contribution in [3.63, 3.8) is 0 Å². The number of aldehydes is 1. The maximum atomic E-state index is 11.4. The fourth-order valence-electron chi connectivity index (χ4n) is 3.36. The number of hydrogen-bond donors (Lipinski definition) is 2. The molecule has 1 heterocycles. The van der Waals surface area contributed by atoms with Crippen molar-refractivity contribution >= 4 is 17.6 Å². The Morgan fingerprint density at radius 3 is 2.50 bits per heavy atom. The number of aromatic hydroxyl groups is 1. The number of aryl methyl sites for hydroxylation is 1. The van der Waals surface area contributed by atoms with E-state index in [1.165, 1.54) is 16.9 Å². The lowest BCUT2D eigenvalue weighted by atomic mass is 9.89. The van der Waals surface area contributed by atoms with Crippen LogP contribution in [0.1, 0.15) is 33.6 Å². The van der Waals surface area contributed by atoms with Gasteiger partial charge in [0.1, 0.15) is 5.75 Å². The van der Waals surface area contributed by atoms with Crippen molar-refractivity contribution in [3.8, 4) is 28.0 Å². The van der Waals surface area contributed by atoms with E-state index in [4.69, 9.17) is 0 Å². The van der Waals surface area contributed by atoms with Crippen LogP contribution in [-0.4, -0.2) is 25.0 Å². The van der Waals surface area contributed by atoms with Gasteiger partial charge in [-0.15, -0.1) is 11.3 Å². The predicted octanol–water partition coefficient (Wildman–Crippen LogP) is 5.23. The Labute approximate surface area is 158 Å². The van der Waals surface area contributed by atoms with Crippen LogP contribution in [0.5, 0.6) is 5.75 Å². The van der Waals surface area contributed by atoms with Crippen molar-refractivity contribution in [1.82, 2.24) is 5.32 Å². The van der Waals surface area contributed by atoms with Gasteiger partial charge in [-0.2, -0.15) is 0 Å². The van der Waals surface area contributed by atoms with E-state index < -0.39 is 0 Å². The Bertz CT molecular complexity index is 912. The highest BCUT2D eigenvalue weighted by atomic mass is 32.1. The number of carbonyl (C=O) groups excluding carboxylic acids is 1. The molecule has 1 aromatic heterocycles. The van der Waals surface area contributed by atoms with E-state index in [1.807, 2.05) is 43.6 Å². The average molecular weight is 365 g/mol. The minimum atomic E-state index is 0.227. The van der Waals surface area contributed by atoms with E-state index in [0.717, 1.165) is 40.6 Å². The van der Waals surface area contributed by atoms with E-state index in [-0.39, 0.29) is 5.75 Å². The van der Waals surface area contributed by atoms with Crippen molar-refractivity contribution in [3.05, 3.63) is 63.8 Å². The summed E-state index contributed by atoms with van der Waals surface area (Å²) in [6.07, 6.45) is 0.885. The third-order valence-corrected chi connectivity index (χ3v) is 5.58. The molecule has 0 radical (unpaired) electrons. The molecule has 0 saturated heterocycles. The second-order valence-electron chi connectivity index (χ2n) is 6.55. The zero-order valence-corrected chi connectivity index (χ0v) is 16.1. The molecule has 0 saturated carbocycles. The summed E-state index contributed by atoms with van der Waals surface area (Å²) in [4.78, 5) is 12.1. The van der Waals surface area contributed by atoms with Crippen LogP contribution in [0.2, 0.25) is 0 Å². The molecular weight excluding hydrogens is 342 g/mol. The first-order chi connectivity index (χ1) is 12.6. The van der Waals surface area contributed by atoms with Gasteiger partial charge >= 0.3 is 0 Å². The molecule has 0 aliphatic heterocycles. The van der Waals surface area contributed by atoms with Crippen molar-refractivity contribution in [2.45, 2.75) is 19.8 Å². The predicted molar refractivity (Wildman–Crippen MR) is 109 cm³/mol. The molecule has 134 valence electrons.